The first-order valence-corrected chi connectivity index (χ1v) is 14.8. The second kappa shape index (κ2) is 12.6. The number of thiazole rings is 1. The van der Waals surface area contributed by atoms with Crippen LogP contribution in [0.15, 0.2) is 81.7 Å². The van der Waals surface area contributed by atoms with Gasteiger partial charge in [0.15, 0.2) is 16.3 Å². The number of hydrogen-bond donors (Lipinski definition) is 0. The molecule has 1 aliphatic rings. The monoisotopic (exact) mass is 622 g/mol. The highest BCUT2D eigenvalue weighted by Gasteiger charge is 2.33. The number of allylic oxidation sites excluding steroid dienone is 1. The Kier molecular flexibility index (Phi) is 8.87. The number of ether oxygens (including phenoxy) is 3. The van der Waals surface area contributed by atoms with Gasteiger partial charge in [0.05, 0.1) is 35.6 Å². The zero-order valence-electron chi connectivity index (χ0n) is 23.4. The number of aromatic nitrogens is 1. The molecule has 0 saturated heterocycles. The first-order chi connectivity index (χ1) is 20.2. The molecule has 5 rings (SSSR count). The number of methoxy groups -OCH3 is 1. The number of hydrogen-bond acceptors (Lipinski definition) is 7. The summed E-state index contributed by atoms with van der Waals surface area (Å²) in [5.41, 5.74) is 4.02. The molecule has 1 aliphatic heterocycles. The van der Waals surface area contributed by atoms with E-state index in [9.17, 15) is 9.59 Å². The second-order valence-corrected chi connectivity index (χ2v) is 11.5. The van der Waals surface area contributed by atoms with Crippen molar-refractivity contribution in [3.63, 3.8) is 0 Å². The lowest BCUT2D eigenvalue weighted by Gasteiger charge is -2.24. The van der Waals surface area contributed by atoms with E-state index >= 15 is 0 Å². The first kappa shape index (κ1) is 29.6. The molecule has 0 spiro atoms. The largest absolute Gasteiger partial charge is 0.493 e. The summed E-state index contributed by atoms with van der Waals surface area (Å²) in [7, 11) is 1.55. The Balaban J connectivity index is 1.53. The van der Waals surface area contributed by atoms with Crippen LogP contribution in [0, 0.1) is 6.92 Å². The smallest absolute Gasteiger partial charge is 0.338 e. The van der Waals surface area contributed by atoms with E-state index in [-0.39, 0.29) is 18.8 Å². The maximum absolute atomic E-state index is 13.9. The number of halogens is 2. The van der Waals surface area contributed by atoms with Gasteiger partial charge in [-0.25, -0.2) is 9.79 Å². The van der Waals surface area contributed by atoms with E-state index in [2.05, 4.69) is 4.99 Å². The van der Waals surface area contributed by atoms with Crippen LogP contribution in [-0.4, -0.2) is 24.3 Å². The topological polar surface area (TPSA) is 79.1 Å². The van der Waals surface area contributed by atoms with Crippen molar-refractivity contribution < 1.29 is 19.0 Å². The van der Waals surface area contributed by atoms with E-state index in [1.807, 2.05) is 43.3 Å². The molecule has 0 fully saturated rings. The summed E-state index contributed by atoms with van der Waals surface area (Å²) in [4.78, 5) is 32.1. The summed E-state index contributed by atoms with van der Waals surface area (Å²) >= 11 is 13.5. The SMILES string of the molecule is CCOC(=O)C1=C(C)N=c2sc(=Cc3ccc(OCc4ccc(Cl)cc4Cl)c(OC)c3)c(=O)n2C1c1ccc(C)cc1. The second-order valence-electron chi connectivity index (χ2n) is 9.65. The van der Waals surface area contributed by atoms with Crippen molar-refractivity contribution >= 4 is 46.6 Å². The summed E-state index contributed by atoms with van der Waals surface area (Å²) in [6.07, 6.45) is 1.78. The molecular formula is C32H28Cl2N2O5S. The summed E-state index contributed by atoms with van der Waals surface area (Å²) in [6, 6.07) is 17.8. The number of benzene rings is 3. The highest BCUT2D eigenvalue weighted by molar-refractivity contribution is 7.07. The number of aryl methyl sites for hydroxylation is 1. The predicted octanol–water partition coefficient (Wildman–Crippen LogP) is 6.00. The lowest BCUT2D eigenvalue weighted by Crippen LogP contribution is -2.39. The van der Waals surface area contributed by atoms with Crippen LogP contribution in [0.4, 0.5) is 0 Å². The van der Waals surface area contributed by atoms with Crippen LogP contribution in [0.1, 0.15) is 42.1 Å². The number of fused-ring (bicyclic) bond motifs is 1. The summed E-state index contributed by atoms with van der Waals surface area (Å²) in [5, 5.41) is 1.06. The molecule has 2 heterocycles. The van der Waals surface area contributed by atoms with Gasteiger partial charge in [0, 0.05) is 15.6 Å². The zero-order chi connectivity index (χ0) is 30.0. The van der Waals surface area contributed by atoms with Gasteiger partial charge in [-0.3, -0.25) is 9.36 Å². The lowest BCUT2D eigenvalue weighted by atomic mass is 9.95. The van der Waals surface area contributed by atoms with Gasteiger partial charge < -0.3 is 14.2 Å². The highest BCUT2D eigenvalue weighted by Crippen LogP contribution is 2.32. The summed E-state index contributed by atoms with van der Waals surface area (Å²) in [6.45, 7) is 5.95. The van der Waals surface area contributed by atoms with Crippen LogP contribution in [0.25, 0.3) is 6.08 Å². The predicted molar refractivity (Wildman–Crippen MR) is 165 cm³/mol. The van der Waals surface area contributed by atoms with Crippen molar-refractivity contribution in [3.8, 4) is 11.5 Å². The normalized spacial score (nSPS) is 14.8. The van der Waals surface area contributed by atoms with Crippen molar-refractivity contribution in [2.24, 2.45) is 4.99 Å². The number of esters is 1. The third-order valence-electron chi connectivity index (χ3n) is 6.79. The quantitative estimate of drug-likeness (QED) is 0.225. The van der Waals surface area contributed by atoms with E-state index in [0.717, 1.165) is 22.3 Å². The zero-order valence-corrected chi connectivity index (χ0v) is 25.8. The Bertz CT molecular complexity index is 1880. The Hall–Kier alpha value is -3.85. The molecule has 0 saturated carbocycles. The molecule has 216 valence electrons. The summed E-state index contributed by atoms with van der Waals surface area (Å²) in [5.74, 6) is 0.537. The van der Waals surface area contributed by atoms with Crippen LogP contribution in [0.3, 0.4) is 0 Å². The Morgan fingerprint density at radius 3 is 2.50 bits per heavy atom. The molecule has 1 atom stereocenters. The number of rotatable bonds is 8. The fourth-order valence-electron chi connectivity index (χ4n) is 4.69. The average Bonchev–Trinajstić information content (AvgIpc) is 3.26. The molecular weight excluding hydrogens is 595 g/mol. The lowest BCUT2D eigenvalue weighted by molar-refractivity contribution is -0.139. The van der Waals surface area contributed by atoms with Gasteiger partial charge in [0.25, 0.3) is 5.56 Å². The van der Waals surface area contributed by atoms with Crippen LogP contribution < -0.4 is 24.4 Å². The highest BCUT2D eigenvalue weighted by atomic mass is 35.5. The Labute approximate surface area is 256 Å². The molecule has 42 heavy (non-hydrogen) atoms. The summed E-state index contributed by atoms with van der Waals surface area (Å²) < 4.78 is 19.0. The molecule has 3 aromatic carbocycles. The van der Waals surface area contributed by atoms with Gasteiger partial charge in [0.1, 0.15) is 6.61 Å². The van der Waals surface area contributed by atoms with Gasteiger partial charge in [-0.05, 0) is 62.2 Å². The third kappa shape index (κ3) is 6.02. The van der Waals surface area contributed by atoms with Gasteiger partial charge >= 0.3 is 5.97 Å². The third-order valence-corrected chi connectivity index (χ3v) is 8.36. The van der Waals surface area contributed by atoms with Gasteiger partial charge in [-0.1, -0.05) is 76.5 Å². The van der Waals surface area contributed by atoms with Crippen molar-refractivity contribution in [2.75, 3.05) is 13.7 Å². The maximum Gasteiger partial charge on any atom is 0.338 e. The van der Waals surface area contributed by atoms with E-state index in [4.69, 9.17) is 37.4 Å². The molecule has 0 bridgehead atoms. The van der Waals surface area contributed by atoms with Gasteiger partial charge in [0.2, 0.25) is 0 Å². The Morgan fingerprint density at radius 1 is 1.05 bits per heavy atom. The van der Waals surface area contributed by atoms with Crippen LogP contribution in [-0.2, 0) is 16.1 Å². The number of carbonyl (C=O) groups excluding carboxylic acids is 1. The standard InChI is InChI=1S/C32H28Cl2N2O5S/c1-5-40-31(38)28-19(3)35-32-36(29(28)21-9-6-18(2)7-10-21)30(37)27(42-32)15-20-8-13-25(26(14-20)39-4)41-17-22-11-12-23(33)16-24(22)34/h6-16,29H,5,17H2,1-4H3. The van der Waals surface area contributed by atoms with Gasteiger partial charge in [-0.15, -0.1) is 0 Å². The number of nitrogens with zero attached hydrogens (tertiary/aromatic N) is 2. The first-order valence-electron chi connectivity index (χ1n) is 13.2. The molecule has 1 unspecified atom stereocenters. The van der Waals surface area contributed by atoms with Crippen molar-refractivity contribution in [2.45, 2.75) is 33.4 Å². The van der Waals surface area contributed by atoms with Gasteiger partial charge in [-0.2, -0.15) is 0 Å². The molecule has 0 radical (unpaired) electrons. The molecule has 0 N–H and O–H groups in total. The van der Waals surface area contributed by atoms with Crippen LogP contribution in [0.2, 0.25) is 10.0 Å². The maximum atomic E-state index is 13.9. The van der Waals surface area contributed by atoms with Crippen molar-refractivity contribution in [3.05, 3.63) is 124 Å². The molecule has 0 aliphatic carbocycles. The molecule has 4 aromatic rings. The molecule has 0 amide bonds. The molecule has 1 aromatic heterocycles. The van der Waals surface area contributed by atoms with Crippen molar-refractivity contribution in [1.82, 2.24) is 4.57 Å². The minimum atomic E-state index is -0.659. The number of carbonyl (C=O) groups is 1. The van der Waals surface area contributed by atoms with E-state index in [0.29, 0.717) is 42.1 Å². The van der Waals surface area contributed by atoms with E-state index < -0.39 is 12.0 Å². The Morgan fingerprint density at radius 2 is 1.81 bits per heavy atom. The fraction of sp³-hybridized carbons (Fsp3) is 0.219. The molecule has 10 heteroatoms. The van der Waals surface area contributed by atoms with E-state index in [1.54, 1.807) is 55.9 Å². The minimum Gasteiger partial charge on any atom is -0.493 e. The average molecular weight is 624 g/mol. The molecule has 7 nitrogen and oxygen atoms in total. The van der Waals surface area contributed by atoms with E-state index in [1.165, 1.54) is 11.3 Å². The fourth-order valence-corrected chi connectivity index (χ4v) is 6.20. The van der Waals surface area contributed by atoms with Crippen LogP contribution in [0.5, 0.6) is 11.5 Å². The van der Waals surface area contributed by atoms with Crippen molar-refractivity contribution in [1.29, 1.82) is 0 Å². The minimum absolute atomic E-state index is 0.217. The van der Waals surface area contributed by atoms with Crippen LogP contribution >= 0.6 is 34.5 Å².